The molecule has 7 heteroatoms. The van der Waals surface area contributed by atoms with E-state index in [-0.39, 0.29) is 18.0 Å². The Hall–Kier alpha value is -1.63. The van der Waals surface area contributed by atoms with Crippen molar-refractivity contribution in [3.63, 3.8) is 0 Å². The number of amides is 1. The molecule has 0 aliphatic rings. The molecule has 2 unspecified atom stereocenters. The molecule has 0 radical (unpaired) electrons. The Morgan fingerprint density at radius 3 is 2.52 bits per heavy atom. The molecule has 2 aromatic rings. The summed E-state index contributed by atoms with van der Waals surface area (Å²) in [4.78, 5) is 12.4. The predicted molar refractivity (Wildman–Crippen MR) is 83.9 cm³/mol. The first-order valence-corrected chi connectivity index (χ1v) is 7.60. The van der Waals surface area contributed by atoms with Crippen LogP contribution >= 0.6 is 15.9 Å². The number of carbonyl (C=O) groups is 1. The second-order valence-corrected chi connectivity index (χ2v) is 6.11. The molecule has 0 fully saturated rings. The molecule has 21 heavy (non-hydrogen) atoms. The zero-order valence-electron chi connectivity index (χ0n) is 12.9. The van der Waals surface area contributed by atoms with Crippen molar-refractivity contribution in [3.8, 4) is 0 Å². The molecule has 0 aromatic carbocycles. The zero-order chi connectivity index (χ0) is 15.7. The molecule has 0 saturated heterocycles. The lowest BCUT2D eigenvalue weighted by Gasteiger charge is -2.18. The van der Waals surface area contributed by atoms with E-state index >= 15 is 0 Å². The Labute approximate surface area is 132 Å². The van der Waals surface area contributed by atoms with E-state index in [1.165, 1.54) is 0 Å². The topological polar surface area (TPSA) is 64.7 Å². The third-order valence-electron chi connectivity index (χ3n) is 3.73. The number of hydrogen-bond donors (Lipinski definition) is 1. The van der Waals surface area contributed by atoms with Crippen LogP contribution in [0, 0.1) is 13.8 Å². The average Bonchev–Trinajstić information content (AvgIpc) is 2.93. The van der Waals surface area contributed by atoms with Gasteiger partial charge in [-0.15, -0.1) is 0 Å². The quantitative estimate of drug-likeness (QED) is 0.917. The highest BCUT2D eigenvalue weighted by atomic mass is 79.9. The molecule has 0 aliphatic heterocycles. The highest BCUT2D eigenvalue weighted by Crippen LogP contribution is 2.19. The second-order valence-electron chi connectivity index (χ2n) is 5.26. The molecule has 1 amide bonds. The summed E-state index contributed by atoms with van der Waals surface area (Å²) in [6.07, 6.45) is 3.61. The molecule has 6 nitrogen and oxygen atoms in total. The zero-order valence-corrected chi connectivity index (χ0v) is 14.5. The molecular weight excluding hydrogens is 334 g/mol. The molecule has 0 aliphatic carbocycles. The van der Waals surface area contributed by atoms with Crippen molar-refractivity contribution in [2.75, 3.05) is 0 Å². The Morgan fingerprint density at radius 1 is 1.38 bits per heavy atom. The molecule has 2 heterocycles. The van der Waals surface area contributed by atoms with Gasteiger partial charge in [0.15, 0.2) is 0 Å². The standard InChI is InChI=1S/C14H20BrN5O/c1-8(12-6-16-19(5)10(12)3)17-14(21)11(4)20-7-13(15)9(2)18-20/h6-8,11H,1-5H3,(H,17,21). The van der Waals surface area contributed by atoms with Gasteiger partial charge in [0, 0.05) is 24.5 Å². The lowest BCUT2D eigenvalue weighted by atomic mass is 10.1. The Balaban J connectivity index is 2.08. The van der Waals surface area contributed by atoms with Crippen LogP contribution in [0.5, 0.6) is 0 Å². The third kappa shape index (κ3) is 3.18. The molecule has 0 bridgehead atoms. The maximum Gasteiger partial charge on any atom is 0.245 e. The van der Waals surface area contributed by atoms with Crippen LogP contribution in [0.4, 0.5) is 0 Å². The number of rotatable bonds is 4. The number of aromatic nitrogens is 4. The van der Waals surface area contributed by atoms with Crippen LogP contribution in [0.15, 0.2) is 16.9 Å². The number of aryl methyl sites for hydroxylation is 2. The number of hydrogen-bond acceptors (Lipinski definition) is 3. The van der Waals surface area contributed by atoms with Gasteiger partial charge < -0.3 is 5.32 Å². The van der Waals surface area contributed by atoms with Crippen molar-refractivity contribution >= 4 is 21.8 Å². The second kappa shape index (κ2) is 6.01. The fraction of sp³-hybridized carbons (Fsp3) is 0.500. The average molecular weight is 354 g/mol. The van der Waals surface area contributed by atoms with Crippen molar-refractivity contribution in [3.05, 3.63) is 33.8 Å². The first kappa shape index (κ1) is 15.8. The molecule has 1 N–H and O–H groups in total. The fourth-order valence-corrected chi connectivity index (χ4v) is 2.42. The molecule has 2 rings (SSSR count). The van der Waals surface area contributed by atoms with Crippen LogP contribution in [0.3, 0.4) is 0 Å². The van der Waals surface area contributed by atoms with Gasteiger partial charge in [0.1, 0.15) is 6.04 Å². The van der Waals surface area contributed by atoms with Crippen LogP contribution in [-0.2, 0) is 11.8 Å². The van der Waals surface area contributed by atoms with E-state index in [0.29, 0.717) is 0 Å². The van der Waals surface area contributed by atoms with Crippen molar-refractivity contribution < 1.29 is 4.79 Å². The van der Waals surface area contributed by atoms with E-state index in [0.717, 1.165) is 21.4 Å². The van der Waals surface area contributed by atoms with Gasteiger partial charge in [-0.2, -0.15) is 10.2 Å². The number of carbonyl (C=O) groups excluding carboxylic acids is 1. The fourth-order valence-electron chi connectivity index (χ4n) is 2.13. The smallest absolute Gasteiger partial charge is 0.245 e. The highest BCUT2D eigenvalue weighted by Gasteiger charge is 2.21. The van der Waals surface area contributed by atoms with Gasteiger partial charge in [0.05, 0.1) is 22.4 Å². The van der Waals surface area contributed by atoms with Gasteiger partial charge >= 0.3 is 0 Å². The molecular formula is C14H20BrN5O. The van der Waals surface area contributed by atoms with E-state index in [1.54, 1.807) is 15.6 Å². The van der Waals surface area contributed by atoms with Gasteiger partial charge in [-0.3, -0.25) is 14.2 Å². The monoisotopic (exact) mass is 353 g/mol. The van der Waals surface area contributed by atoms with Crippen molar-refractivity contribution in [2.24, 2.45) is 7.05 Å². The summed E-state index contributed by atoms with van der Waals surface area (Å²) in [5, 5.41) is 11.5. The van der Waals surface area contributed by atoms with Crippen molar-refractivity contribution in [1.29, 1.82) is 0 Å². The minimum Gasteiger partial charge on any atom is -0.348 e. The summed E-state index contributed by atoms with van der Waals surface area (Å²) in [7, 11) is 1.89. The van der Waals surface area contributed by atoms with Crippen molar-refractivity contribution in [1.82, 2.24) is 24.9 Å². The van der Waals surface area contributed by atoms with Crippen LogP contribution < -0.4 is 5.32 Å². The SMILES string of the molecule is Cc1nn(C(C)C(=O)NC(C)c2cnn(C)c2C)cc1Br. The summed E-state index contributed by atoms with van der Waals surface area (Å²) in [5.74, 6) is -0.0687. The van der Waals surface area contributed by atoms with E-state index in [9.17, 15) is 4.79 Å². The Bertz CT molecular complexity index is 641. The van der Waals surface area contributed by atoms with E-state index in [2.05, 4.69) is 31.4 Å². The van der Waals surface area contributed by atoms with Gasteiger partial charge in [-0.1, -0.05) is 0 Å². The molecule has 114 valence electrons. The summed E-state index contributed by atoms with van der Waals surface area (Å²) >= 11 is 3.41. The normalized spacial score (nSPS) is 14.0. The van der Waals surface area contributed by atoms with E-state index < -0.39 is 0 Å². The summed E-state index contributed by atoms with van der Waals surface area (Å²) in [6.45, 7) is 7.67. The largest absolute Gasteiger partial charge is 0.348 e. The minimum absolute atomic E-state index is 0.0687. The minimum atomic E-state index is -0.366. The first-order chi connectivity index (χ1) is 9.81. The first-order valence-electron chi connectivity index (χ1n) is 6.81. The van der Waals surface area contributed by atoms with Crippen LogP contribution in [-0.4, -0.2) is 25.5 Å². The maximum atomic E-state index is 12.4. The van der Waals surface area contributed by atoms with E-state index in [4.69, 9.17) is 0 Å². The lowest BCUT2D eigenvalue weighted by molar-refractivity contribution is -0.124. The van der Waals surface area contributed by atoms with Crippen LogP contribution in [0.25, 0.3) is 0 Å². The molecule has 0 saturated carbocycles. The number of nitrogens with zero attached hydrogens (tertiary/aromatic N) is 4. The van der Waals surface area contributed by atoms with Gasteiger partial charge in [0.2, 0.25) is 5.91 Å². The summed E-state index contributed by atoms with van der Waals surface area (Å²) in [5.41, 5.74) is 2.94. The van der Waals surface area contributed by atoms with Gasteiger partial charge in [-0.25, -0.2) is 0 Å². The summed E-state index contributed by atoms with van der Waals surface area (Å²) in [6, 6.07) is -0.455. The molecule has 2 aromatic heterocycles. The Morgan fingerprint density at radius 2 is 2.05 bits per heavy atom. The third-order valence-corrected chi connectivity index (χ3v) is 4.51. The van der Waals surface area contributed by atoms with Gasteiger partial charge in [0.25, 0.3) is 0 Å². The van der Waals surface area contributed by atoms with Gasteiger partial charge in [-0.05, 0) is 43.6 Å². The molecule has 0 spiro atoms. The van der Waals surface area contributed by atoms with Crippen LogP contribution in [0.1, 0.15) is 42.9 Å². The molecule has 2 atom stereocenters. The van der Waals surface area contributed by atoms with E-state index in [1.807, 2.05) is 40.9 Å². The van der Waals surface area contributed by atoms with Crippen LogP contribution in [0.2, 0.25) is 0 Å². The number of halogens is 1. The Kier molecular flexibility index (Phi) is 4.51. The lowest BCUT2D eigenvalue weighted by Crippen LogP contribution is -2.33. The maximum absolute atomic E-state index is 12.4. The highest BCUT2D eigenvalue weighted by molar-refractivity contribution is 9.10. The van der Waals surface area contributed by atoms with Crippen molar-refractivity contribution in [2.45, 2.75) is 39.8 Å². The summed E-state index contributed by atoms with van der Waals surface area (Å²) < 4.78 is 4.37. The predicted octanol–water partition coefficient (Wildman–Crippen LogP) is 2.43. The number of nitrogens with one attached hydrogen (secondary N) is 1.